The van der Waals surface area contributed by atoms with Crippen LogP contribution < -0.4 is 5.32 Å². The molecule has 0 bridgehead atoms. The summed E-state index contributed by atoms with van der Waals surface area (Å²) in [5.41, 5.74) is 1.08. The molecule has 2 aromatic rings. The van der Waals surface area contributed by atoms with E-state index < -0.39 is 0 Å². The van der Waals surface area contributed by atoms with Crippen molar-refractivity contribution in [2.45, 2.75) is 13.0 Å². The number of nitrogens with zero attached hydrogens (tertiary/aromatic N) is 3. The molecule has 0 fully saturated rings. The van der Waals surface area contributed by atoms with Crippen LogP contribution in [0.5, 0.6) is 0 Å². The number of aromatic nitrogens is 3. The van der Waals surface area contributed by atoms with Gasteiger partial charge in [-0.05, 0) is 28.4 Å². The van der Waals surface area contributed by atoms with E-state index >= 15 is 0 Å². The van der Waals surface area contributed by atoms with Crippen LogP contribution in [0.25, 0.3) is 0 Å². The van der Waals surface area contributed by atoms with Crippen molar-refractivity contribution in [1.29, 1.82) is 0 Å². The van der Waals surface area contributed by atoms with Gasteiger partial charge in [0.15, 0.2) is 0 Å². The molecule has 84 valence electrons. The van der Waals surface area contributed by atoms with E-state index in [4.69, 9.17) is 0 Å². The first-order valence-electron chi connectivity index (χ1n) is 5.15. The molecule has 0 aliphatic rings. The summed E-state index contributed by atoms with van der Waals surface area (Å²) in [6, 6.07) is 1.96. The Morgan fingerprint density at radius 1 is 1.31 bits per heavy atom. The maximum atomic E-state index is 4.01. The van der Waals surface area contributed by atoms with Crippen LogP contribution >= 0.6 is 15.9 Å². The second-order valence-corrected chi connectivity index (χ2v) is 4.29. The summed E-state index contributed by atoms with van der Waals surface area (Å²) in [4.78, 5) is 8.01. The smallest absolute Gasteiger partial charge is 0.0945 e. The van der Waals surface area contributed by atoms with E-state index in [0.29, 0.717) is 0 Å². The van der Waals surface area contributed by atoms with Gasteiger partial charge in [0.2, 0.25) is 0 Å². The zero-order valence-electron chi connectivity index (χ0n) is 8.81. The van der Waals surface area contributed by atoms with Crippen molar-refractivity contribution in [3.05, 3.63) is 41.7 Å². The molecule has 5 heteroatoms. The van der Waals surface area contributed by atoms with E-state index in [1.807, 2.05) is 18.6 Å². The van der Waals surface area contributed by atoms with Crippen LogP contribution in [0.2, 0.25) is 0 Å². The lowest BCUT2D eigenvalue weighted by Crippen LogP contribution is -2.06. The Kier molecular flexibility index (Phi) is 3.93. The molecular weight excluding hydrogens is 268 g/mol. The van der Waals surface area contributed by atoms with Gasteiger partial charge in [-0.15, -0.1) is 0 Å². The van der Waals surface area contributed by atoms with Gasteiger partial charge in [-0.3, -0.25) is 4.98 Å². The van der Waals surface area contributed by atoms with Gasteiger partial charge < -0.3 is 9.88 Å². The lowest BCUT2D eigenvalue weighted by atomic mass is 10.3. The molecule has 0 saturated heterocycles. The van der Waals surface area contributed by atoms with Gasteiger partial charge in [0.05, 0.1) is 16.5 Å². The van der Waals surface area contributed by atoms with Crippen LogP contribution in [-0.2, 0) is 6.54 Å². The average molecular weight is 281 g/mol. The van der Waals surface area contributed by atoms with E-state index in [0.717, 1.165) is 29.7 Å². The zero-order chi connectivity index (χ0) is 11.2. The number of pyridine rings is 1. The molecule has 4 nitrogen and oxygen atoms in total. The monoisotopic (exact) mass is 280 g/mol. The highest BCUT2D eigenvalue weighted by molar-refractivity contribution is 9.10. The Labute approximate surface area is 103 Å². The molecule has 16 heavy (non-hydrogen) atoms. The van der Waals surface area contributed by atoms with Gasteiger partial charge in [0.25, 0.3) is 0 Å². The predicted octanol–water partition coefficient (Wildman–Crippen LogP) is 2.54. The lowest BCUT2D eigenvalue weighted by Gasteiger charge is -2.07. The van der Waals surface area contributed by atoms with Gasteiger partial charge in [-0.1, -0.05) is 0 Å². The minimum Gasteiger partial charge on any atom is -0.384 e. The molecule has 2 aromatic heterocycles. The molecule has 0 radical (unpaired) electrons. The normalized spacial score (nSPS) is 10.3. The van der Waals surface area contributed by atoms with Crippen molar-refractivity contribution in [1.82, 2.24) is 14.5 Å². The van der Waals surface area contributed by atoms with Crippen LogP contribution in [0.15, 0.2) is 41.7 Å². The van der Waals surface area contributed by atoms with Crippen LogP contribution in [0, 0.1) is 0 Å². The SMILES string of the molecule is Brc1cnccc1NCCCn1ccnc1. The highest BCUT2D eigenvalue weighted by Crippen LogP contribution is 2.19. The van der Waals surface area contributed by atoms with E-state index in [1.165, 1.54) is 0 Å². The molecule has 0 saturated carbocycles. The summed E-state index contributed by atoms with van der Waals surface area (Å²) < 4.78 is 3.07. The molecule has 0 aromatic carbocycles. The fraction of sp³-hybridized carbons (Fsp3) is 0.273. The van der Waals surface area contributed by atoms with Crippen LogP contribution in [0.3, 0.4) is 0 Å². The molecule has 0 unspecified atom stereocenters. The minimum atomic E-state index is 0.931. The Morgan fingerprint density at radius 2 is 2.25 bits per heavy atom. The third-order valence-electron chi connectivity index (χ3n) is 2.24. The Bertz CT molecular complexity index is 427. The molecule has 1 N–H and O–H groups in total. The Hall–Kier alpha value is -1.36. The molecule has 0 atom stereocenters. The number of halogens is 1. The Morgan fingerprint density at radius 3 is 3.00 bits per heavy atom. The van der Waals surface area contributed by atoms with Crippen molar-refractivity contribution >= 4 is 21.6 Å². The third-order valence-corrected chi connectivity index (χ3v) is 2.87. The number of nitrogens with one attached hydrogen (secondary N) is 1. The summed E-state index contributed by atoms with van der Waals surface area (Å²) in [6.07, 6.45) is 10.2. The number of aryl methyl sites for hydroxylation is 1. The molecule has 2 rings (SSSR count). The number of hydrogen-bond donors (Lipinski definition) is 1. The van der Waals surface area contributed by atoms with Crippen LogP contribution in [0.4, 0.5) is 5.69 Å². The van der Waals surface area contributed by atoms with Crippen molar-refractivity contribution in [3.8, 4) is 0 Å². The van der Waals surface area contributed by atoms with Crippen molar-refractivity contribution in [2.24, 2.45) is 0 Å². The van der Waals surface area contributed by atoms with E-state index in [-0.39, 0.29) is 0 Å². The van der Waals surface area contributed by atoms with Gasteiger partial charge in [0.1, 0.15) is 0 Å². The van der Waals surface area contributed by atoms with Gasteiger partial charge in [-0.2, -0.15) is 0 Å². The summed E-state index contributed by atoms with van der Waals surface area (Å²) >= 11 is 3.45. The second kappa shape index (κ2) is 5.65. The van der Waals surface area contributed by atoms with Crippen LogP contribution in [0.1, 0.15) is 6.42 Å². The summed E-state index contributed by atoms with van der Waals surface area (Å²) in [5.74, 6) is 0. The highest BCUT2D eigenvalue weighted by atomic mass is 79.9. The quantitative estimate of drug-likeness (QED) is 0.856. The number of imidazole rings is 1. The fourth-order valence-electron chi connectivity index (χ4n) is 1.42. The lowest BCUT2D eigenvalue weighted by molar-refractivity contribution is 0.660. The number of hydrogen-bond acceptors (Lipinski definition) is 3. The largest absolute Gasteiger partial charge is 0.384 e. The average Bonchev–Trinajstić information content (AvgIpc) is 2.79. The first kappa shape index (κ1) is 11.1. The molecular formula is C11H13BrN4. The predicted molar refractivity (Wildman–Crippen MR) is 67.3 cm³/mol. The third kappa shape index (κ3) is 3.06. The first-order valence-corrected chi connectivity index (χ1v) is 5.94. The molecule has 2 heterocycles. The maximum Gasteiger partial charge on any atom is 0.0945 e. The minimum absolute atomic E-state index is 0.931. The molecule has 0 aliphatic heterocycles. The van der Waals surface area contributed by atoms with E-state index in [1.54, 1.807) is 18.6 Å². The summed E-state index contributed by atoms with van der Waals surface area (Å²) in [6.45, 7) is 1.91. The standard InChI is InChI=1S/C11H13BrN4/c12-10-8-13-4-2-11(10)15-3-1-6-16-7-5-14-9-16/h2,4-5,7-9H,1,3,6H2,(H,13,15). The maximum absolute atomic E-state index is 4.01. The van der Waals surface area contributed by atoms with Crippen LogP contribution in [-0.4, -0.2) is 21.1 Å². The Balaban J connectivity index is 1.74. The molecule has 0 amide bonds. The highest BCUT2D eigenvalue weighted by Gasteiger charge is 1.97. The number of anilines is 1. The zero-order valence-corrected chi connectivity index (χ0v) is 10.4. The van der Waals surface area contributed by atoms with Crippen molar-refractivity contribution < 1.29 is 0 Å². The van der Waals surface area contributed by atoms with Crippen molar-refractivity contribution in [2.75, 3.05) is 11.9 Å². The summed E-state index contributed by atoms with van der Waals surface area (Å²) in [5, 5.41) is 3.35. The first-order chi connectivity index (χ1) is 7.86. The topological polar surface area (TPSA) is 42.7 Å². The van der Waals surface area contributed by atoms with Gasteiger partial charge in [-0.25, -0.2) is 4.98 Å². The summed E-state index contributed by atoms with van der Waals surface area (Å²) in [7, 11) is 0. The second-order valence-electron chi connectivity index (χ2n) is 3.44. The molecule has 0 aliphatic carbocycles. The van der Waals surface area contributed by atoms with Crippen molar-refractivity contribution in [3.63, 3.8) is 0 Å². The fourth-order valence-corrected chi connectivity index (χ4v) is 1.81. The molecule has 0 spiro atoms. The van der Waals surface area contributed by atoms with Gasteiger partial charge >= 0.3 is 0 Å². The number of rotatable bonds is 5. The van der Waals surface area contributed by atoms with E-state index in [2.05, 4.69) is 35.8 Å². The van der Waals surface area contributed by atoms with E-state index in [9.17, 15) is 0 Å². The van der Waals surface area contributed by atoms with Gasteiger partial charge in [0, 0.05) is 37.9 Å².